The third kappa shape index (κ3) is 11.2. The monoisotopic (exact) mass is 590 g/mol. The Kier molecular flexibility index (Phi) is 14.0. The van der Waals surface area contributed by atoms with E-state index in [1.807, 2.05) is 91.0 Å². The van der Waals surface area contributed by atoms with E-state index in [0.29, 0.717) is 12.5 Å². The van der Waals surface area contributed by atoms with Crippen LogP contribution >= 0.6 is 0 Å². The van der Waals surface area contributed by atoms with Crippen molar-refractivity contribution in [1.82, 2.24) is 5.32 Å². The van der Waals surface area contributed by atoms with Gasteiger partial charge in [-0.3, -0.25) is 0 Å². The molecule has 0 aliphatic carbocycles. The highest BCUT2D eigenvalue weighted by atomic mass is 16.1. The molecule has 0 fully saturated rings. The molecule has 0 aliphatic rings. The maximum absolute atomic E-state index is 11.1. The maximum atomic E-state index is 11.1. The molecule has 45 heavy (non-hydrogen) atoms. The Morgan fingerprint density at radius 1 is 0.467 bits per heavy atom. The summed E-state index contributed by atoms with van der Waals surface area (Å²) in [7, 11) is 0. The summed E-state index contributed by atoms with van der Waals surface area (Å²) < 4.78 is 0. The third-order valence-electron chi connectivity index (χ3n) is 7.46. The van der Waals surface area contributed by atoms with Crippen molar-refractivity contribution in [3.05, 3.63) is 215 Å². The first kappa shape index (κ1) is 32.8. The van der Waals surface area contributed by atoms with Gasteiger partial charge in [-0.15, -0.1) is 0 Å². The summed E-state index contributed by atoms with van der Waals surface area (Å²) in [6, 6.07) is 61.6. The molecular formula is C42H42N2O. The van der Waals surface area contributed by atoms with Crippen molar-refractivity contribution in [3.8, 4) is 0 Å². The zero-order chi connectivity index (χ0) is 31.4. The van der Waals surface area contributed by atoms with Crippen LogP contribution < -0.4 is 11.1 Å². The van der Waals surface area contributed by atoms with Crippen LogP contribution in [0.15, 0.2) is 182 Å². The number of nitrogens with two attached hydrogens (primary N) is 1. The van der Waals surface area contributed by atoms with Gasteiger partial charge < -0.3 is 15.8 Å². The first-order valence-corrected chi connectivity index (χ1v) is 15.4. The second kappa shape index (κ2) is 19.2. The Balaban J connectivity index is 0.000000172. The van der Waals surface area contributed by atoms with Crippen molar-refractivity contribution < 1.29 is 4.79 Å². The van der Waals surface area contributed by atoms with Gasteiger partial charge in [-0.05, 0) is 33.4 Å². The van der Waals surface area contributed by atoms with E-state index >= 15 is 0 Å². The van der Waals surface area contributed by atoms with Gasteiger partial charge in [0.15, 0.2) is 0 Å². The van der Waals surface area contributed by atoms with Crippen molar-refractivity contribution in [2.75, 3.05) is 6.54 Å². The summed E-state index contributed by atoms with van der Waals surface area (Å²) in [5.41, 5.74) is 12.7. The van der Waals surface area contributed by atoms with Crippen LogP contribution in [-0.4, -0.2) is 12.8 Å². The molecule has 0 amide bonds. The van der Waals surface area contributed by atoms with E-state index in [1.54, 1.807) is 0 Å². The van der Waals surface area contributed by atoms with E-state index in [0.717, 1.165) is 30.5 Å². The molecule has 3 nitrogen and oxygen atoms in total. The fourth-order valence-electron chi connectivity index (χ4n) is 5.04. The minimum Gasteiger partial charge on any atom is -0.326 e. The molecule has 226 valence electrons. The van der Waals surface area contributed by atoms with E-state index in [2.05, 4.69) is 96.3 Å². The number of hydrogen-bond donors (Lipinski definition) is 2. The number of carbonyl (C=O) groups is 1. The molecule has 3 N–H and O–H groups in total. The Morgan fingerprint density at radius 2 is 0.800 bits per heavy atom. The van der Waals surface area contributed by atoms with Crippen LogP contribution in [0.4, 0.5) is 0 Å². The number of aldehydes is 1. The number of carbonyl (C=O) groups excluding carboxylic acids is 1. The topological polar surface area (TPSA) is 55.1 Å². The van der Waals surface area contributed by atoms with Gasteiger partial charge in [0.2, 0.25) is 0 Å². The molecule has 0 unspecified atom stereocenters. The first-order valence-electron chi connectivity index (χ1n) is 15.4. The van der Waals surface area contributed by atoms with Gasteiger partial charge in [0.25, 0.3) is 0 Å². The average molecular weight is 591 g/mol. The highest BCUT2D eigenvalue weighted by Gasteiger charge is 2.13. The van der Waals surface area contributed by atoms with E-state index < -0.39 is 0 Å². The largest absolute Gasteiger partial charge is 0.326 e. The van der Waals surface area contributed by atoms with Gasteiger partial charge >= 0.3 is 0 Å². The molecule has 0 aromatic heterocycles. The zero-order valence-electron chi connectivity index (χ0n) is 25.7. The quantitative estimate of drug-likeness (QED) is 0.157. The maximum Gasteiger partial charge on any atom is 0.131 e. The molecule has 0 radical (unpaired) electrons. The minimum atomic E-state index is -0.146. The van der Waals surface area contributed by atoms with Crippen LogP contribution in [-0.2, 0) is 17.9 Å². The second-order valence-corrected chi connectivity index (χ2v) is 10.6. The summed E-state index contributed by atoms with van der Waals surface area (Å²) in [4.78, 5) is 11.1. The van der Waals surface area contributed by atoms with Crippen molar-refractivity contribution in [2.45, 2.75) is 24.9 Å². The van der Waals surface area contributed by atoms with Crippen molar-refractivity contribution in [2.24, 2.45) is 5.73 Å². The fraction of sp³-hybridized carbons (Fsp3) is 0.119. The molecular weight excluding hydrogens is 548 g/mol. The van der Waals surface area contributed by atoms with Crippen LogP contribution in [0.25, 0.3) is 0 Å². The molecule has 0 bridgehead atoms. The molecule has 0 saturated heterocycles. The summed E-state index contributed by atoms with van der Waals surface area (Å²) in [6.07, 6.45) is 0.991. The average Bonchev–Trinajstić information content (AvgIpc) is 3.13. The van der Waals surface area contributed by atoms with E-state index in [9.17, 15) is 4.79 Å². The van der Waals surface area contributed by atoms with Gasteiger partial charge in [-0.2, -0.15) is 0 Å². The van der Waals surface area contributed by atoms with Crippen LogP contribution in [0.1, 0.15) is 45.2 Å². The Hall–Kier alpha value is -5.09. The molecule has 0 heterocycles. The van der Waals surface area contributed by atoms with Crippen LogP contribution in [0.2, 0.25) is 0 Å². The Bertz CT molecular complexity index is 1520. The van der Waals surface area contributed by atoms with Gasteiger partial charge in [0, 0.05) is 25.6 Å². The number of rotatable bonds is 10. The lowest BCUT2D eigenvalue weighted by molar-refractivity contribution is -0.108. The zero-order valence-corrected chi connectivity index (χ0v) is 25.7. The lowest BCUT2D eigenvalue weighted by Gasteiger charge is -2.19. The first-order chi connectivity index (χ1) is 22.3. The van der Waals surface area contributed by atoms with Gasteiger partial charge in [-0.25, -0.2) is 0 Å². The summed E-state index contributed by atoms with van der Waals surface area (Å²) in [6.45, 7) is 2.47. The van der Waals surface area contributed by atoms with E-state index in [4.69, 9.17) is 5.73 Å². The summed E-state index contributed by atoms with van der Waals surface area (Å²) in [5.74, 6) is 0.235. The summed E-state index contributed by atoms with van der Waals surface area (Å²) in [5, 5.41) is 3.60. The predicted octanol–water partition coefficient (Wildman–Crippen LogP) is 8.77. The van der Waals surface area contributed by atoms with E-state index in [1.165, 1.54) is 22.3 Å². The molecule has 6 aromatic carbocycles. The molecule has 0 atom stereocenters. The normalized spacial score (nSPS) is 10.3. The van der Waals surface area contributed by atoms with Gasteiger partial charge in [0.05, 0.1) is 5.92 Å². The standard InChI is InChI=1S/C21H21N.C14H12O.C7H9N/c1-4-10-18(11-5-1)16-22-17-21(19-12-6-2-7-13-19)20-14-8-3-9-15-20;15-11-14(12-7-3-1-4-8-12)13-9-5-2-6-10-13;8-6-7-4-2-1-3-5-7/h1-15,21-22H,16-17H2;1-11,14H;1-5H,6,8H2. The Morgan fingerprint density at radius 3 is 1.13 bits per heavy atom. The van der Waals surface area contributed by atoms with Crippen molar-refractivity contribution in [3.63, 3.8) is 0 Å². The third-order valence-corrected chi connectivity index (χ3v) is 7.46. The summed E-state index contributed by atoms with van der Waals surface area (Å²) >= 11 is 0. The van der Waals surface area contributed by atoms with Gasteiger partial charge in [0.1, 0.15) is 6.29 Å². The van der Waals surface area contributed by atoms with Gasteiger partial charge in [-0.1, -0.05) is 182 Å². The van der Waals surface area contributed by atoms with Crippen LogP contribution in [0.3, 0.4) is 0 Å². The van der Waals surface area contributed by atoms with Crippen LogP contribution in [0.5, 0.6) is 0 Å². The second-order valence-electron chi connectivity index (χ2n) is 10.6. The molecule has 0 spiro atoms. The smallest absolute Gasteiger partial charge is 0.131 e. The minimum absolute atomic E-state index is 0.146. The molecule has 0 saturated carbocycles. The number of benzene rings is 6. The molecule has 0 aliphatic heterocycles. The number of hydrogen-bond acceptors (Lipinski definition) is 3. The highest BCUT2D eigenvalue weighted by Crippen LogP contribution is 2.24. The SMILES string of the molecule is NCc1ccccc1.O=CC(c1ccccc1)c1ccccc1.c1ccc(CNCC(c2ccccc2)c2ccccc2)cc1. The number of nitrogens with one attached hydrogen (secondary N) is 1. The lowest BCUT2D eigenvalue weighted by atomic mass is 9.91. The molecule has 3 heteroatoms. The Labute approximate surface area is 268 Å². The predicted molar refractivity (Wildman–Crippen MR) is 188 cm³/mol. The van der Waals surface area contributed by atoms with E-state index in [-0.39, 0.29) is 5.92 Å². The highest BCUT2D eigenvalue weighted by molar-refractivity contribution is 5.68. The fourth-order valence-corrected chi connectivity index (χ4v) is 5.04. The molecule has 6 rings (SSSR count). The molecule has 6 aromatic rings. The van der Waals surface area contributed by atoms with Crippen molar-refractivity contribution >= 4 is 6.29 Å². The van der Waals surface area contributed by atoms with Crippen LogP contribution in [0, 0.1) is 0 Å². The van der Waals surface area contributed by atoms with Crippen molar-refractivity contribution in [1.29, 1.82) is 0 Å². The lowest BCUT2D eigenvalue weighted by Crippen LogP contribution is -2.22.